The maximum Gasteiger partial charge on any atom is 0.408 e. The Morgan fingerprint density at radius 2 is 1.64 bits per heavy atom. The van der Waals surface area contributed by atoms with Crippen molar-refractivity contribution in [1.29, 1.82) is 0 Å². The highest BCUT2D eigenvalue weighted by Gasteiger charge is 2.55. The number of benzene rings is 3. The highest BCUT2D eigenvalue weighted by atomic mass is 16.5. The zero-order chi connectivity index (χ0) is 39.2. The number of carbonyl (C=O) groups excluding carboxylic acids is 2. The van der Waals surface area contributed by atoms with Crippen molar-refractivity contribution in [3.05, 3.63) is 84.7 Å². The quantitative estimate of drug-likeness (QED) is 0.110. The van der Waals surface area contributed by atoms with E-state index < -0.39 is 35.9 Å². The molecule has 4 atom stereocenters. The van der Waals surface area contributed by atoms with Crippen LogP contribution in [-0.2, 0) is 15.1 Å². The number of amides is 3. The third kappa shape index (κ3) is 6.93. The molecule has 3 aromatic carbocycles. The molecule has 13 nitrogen and oxygen atoms in total. The Morgan fingerprint density at radius 1 is 0.982 bits per heavy atom. The lowest BCUT2D eigenvalue weighted by Crippen LogP contribution is -2.53. The molecule has 13 heteroatoms. The number of aliphatic hydroxyl groups excluding tert-OH is 1. The molecule has 7 rings (SSSR count). The predicted octanol–water partition coefficient (Wildman–Crippen LogP) is 7.32. The van der Waals surface area contributed by atoms with Crippen molar-refractivity contribution in [2.45, 2.75) is 77.6 Å². The van der Waals surface area contributed by atoms with Gasteiger partial charge in [-0.15, -0.1) is 0 Å². The minimum Gasteiger partial charge on any atom is -0.465 e. The summed E-state index contributed by atoms with van der Waals surface area (Å²) in [5.41, 5.74) is 4.45. The average molecular weight is 748 g/mol. The minimum atomic E-state index is -0.924. The predicted molar refractivity (Wildman–Crippen MR) is 209 cm³/mol. The molecule has 2 fully saturated rings. The number of hydrogen-bond acceptors (Lipinski definition) is 7. The van der Waals surface area contributed by atoms with E-state index >= 15 is 0 Å². The summed E-state index contributed by atoms with van der Waals surface area (Å²) in [5, 5.41) is 25.4. The van der Waals surface area contributed by atoms with E-state index in [1.54, 1.807) is 22.2 Å². The smallest absolute Gasteiger partial charge is 0.408 e. The van der Waals surface area contributed by atoms with Crippen molar-refractivity contribution in [1.82, 2.24) is 35.1 Å². The molecule has 4 heterocycles. The van der Waals surface area contributed by atoms with Crippen LogP contribution in [0.1, 0.15) is 71.6 Å². The first kappa shape index (κ1) is 37.6. The second kappa shape index (κ2) is 14.5. The van der Waals surface area contributed by atoms with Gasteiger partial charge in [0.15, 0.2) is 0 Å². The number of ether oxygens (including phenoxy) is 1. The first-order chi connectivity index (χ1) is 26.2. The van der Waals surface area contributed by atoms with E-state index in [9.17, 15) is 24.6 Å². The highest BCUT2D eigenvalue weighted by Crippen LogP contribution is 2.50. The van der Waals surface area contributed by atoms with Crippen LogP contribution in [0.5, 0.6) is 0 Å². The molecule has 0 spiro atoms. The molecule has 0 aliphatic carbocycles. The Hall–Kier alpha value is -5.69. The number of nitrogens with one attached hydrogen (secondary N) is 3. The van der Waals surface area contributed by atoms with Gasteiger partial charge in [0.05, 0.1) is 36.8 Å². The molecule has 55 heavy (non-hydrogen) atoms. The fourth-order valence-corrected chi connectivity index (χ4v) is 8.41. The number of likely N-dealkylation sites (tertiary alicyclic amines) is 2. The van der Waals surface area contributed by atoms with Gasteiger partial charge in [0.25, 0.3) is 0 Å². The van der Waals surface area contributed by atoms with Gasteiger partial charge in [-0.3, -0.25) is 9.69 Å². The van der Waals surface area contributed by atoms with Crippen LogP contribution < -0.4 is 5.32 Å². The highest BCUT2D eigenvalue weighted by molar-refractivity contribution is 5.91. The van der Waals surface area contributed by atoms with Gasteiger partial charge >= 0.3 is 12.2 Å². The normalized spacial score (nSPS) is 20.7. The number of rotatable bonds is 8. The van der Waals surface area contributed by atoms with Gasteiger partial charge in [-0.1, -0.05) is 83.1 Å². The molecule has 3 amide bonds. The standard InChI is InChI=1S/C42H49N7O6/c1-24(2)35(47-39(52)55-6)37(51)48-23-31(50)20-34(48)36-43-21-32(45-36)26-10-8-25(9-11-26)27-12-13-29-19-30(15-14-28(29)18-27)33-22-44-38(46-33)42(41(3,4)5)16-7-17-49(42)40(53)54/h8-15,18-19,21-22,24,31,34-35,50H,7,16-17,20,23H2,1-6H3,(H,43,45)(H,44,46)(H,47,52)(H,53,54)/t31-,34-,35?,42?/m0/s1. The second-order valence-electron chi connectivity index (χ2n) is 16.1. The molecular formula is C42H49N7O6. The van der Waals surface area contributed by atoms with Gasteiger partial charge in [0, 0.05) is 36.8 Å². The van der Waals surface area contributed by atoms with Crippen molar-refractivity contribution in [2.75, 3.05) is 20.2 Å². The summed E-state index contributed by atoms with van der Waals surface area (Å²) in [4.78, 5) is 57.2. The third-order valence-corrected chi connectivity index (χ3v) is 11.4. The topological polar surface area (TPSA) is 177 Å². The number of aromatic amines is 2. The maximum absolute atomic E-state index is 13.6. The lowest BCUT2D eigenvalue weighted by atomic mass is 9.71. The van der Waals surface area contributed by atoms with Crippen LogP contribution in [0.4, 0.5) is 9.59 Å². The van der Waals surface area contributed by atoms with E-state index in [1.807, 2.05) is 26.0 Å². The first-order valence-electron chi connectivity index (χ1n) is 18.8. The Balaban J connectivity index is 1.08. The molecule has 0 bridgehead atoms. The SMILES string of the molecule is COC(=O)NC(C(=O)N1C[C@@H](O)C[C@H]1c1nc(-c2ccc(-c3ccc4cc(-c5cnc(C6(C(C)(C)C)CCCN6C(=O)O)[nH]5)ccc4c3)cc2)c[nH]1)C(C)C. The molecule has 288 valence electrons. The summed E-state index contributed by atoms with van der Waals surface area (Å²) < 4.78 is 4.73. The molecule has 2 unspecified atom stereocenters. The Bertz CT molecular complexity index is 2220. The van der Waals surface area contributed by atoms with E-state index in [-0.39, 0.29) is 23.8 Å². The van der Waals surface area contributed by atoms with Crippen molar-refractivity contribution in [3.63, 3.8) is 0 Å². The number of carboxylic acid groups (broad SMARTS) is 1. The van der Waals surface area contributed by atoms with Crippen molar-refractivity contribution < 1.29 is 29.3 Å². The maximum atomic E-state index is 13.6. The summed E-state index contributed by atoms with van der Waals surface area (Å²) in [6.07, 6.45) is 3.12. The Labute approximate surface area is 320 Å². The number of hydrogen-bond donors (Lipinski definition) is 5. The molecule has 2 aliphatic heterocycles. The van der Waals surface area contributed by atoms with Crippen molar-refractivity contribution >= 4 is 28.9 Å². The zero-order valence-electron chi connectivity index (χ0n) is 32.1. The molecule has 2 aliphatic rings. The van der Waals surface area contributed by atoms with Gasteiger partial charge in [0.2, 0.25) is 5.91 Å². The lowest BCUT2D eigenvalue weighted by molar-refractivity contribution is -0.135. The van der Waals surface area contributed by atoms with Crippen LogP contribution in [0.3, 0.4) is 0 Å². The summed E-state index contributed by atoms with van der Waals surface area (Å²) in [6.45, 7) is 10.5. The van der Waals surface area contributed by atoms with E-state index in [2.05, 4.69) is 84.6 Å². The van der Waals surface area contributed by atoms with Crippen LogP contribution in [0.25, 0.3) is 44.4 Å². The summed E-state index contributed by atoms with van der Waals surface area (Å²) in [6, 6.07) is 19.5. The van der Waals surface area contributed by atoms with Gasteiger partial charge in [-0.25, -0.2) is 19.6 Å². The summed E-state index contributed by atoms with van der Waals surface area (Å²) >= 11 is 0. The van der Waals surface area contributed by atoms with Crippen LogP contribution in [0.2, 0.25) is 0 Å². The molecule has 0 saturated carbocycles. The van der Waals surface area contributed by atoms with Crippen LogP contribution in [0.15, 0.2) is 73.1 Å². The van der Waals surface area contributed by atoms with Gasteiger partial charge < -0.3 is 35.1 Å². The summed E-state index contributed by atoms with van der Waals surface area (Å²) in [5.74, 6) is 0.761. The van der Waals surface area contributed by atoms with Crippen LogP contribution in [-0.4, -0.2) is 90.4 Å². The number of aromatic nitrogens is 4. The molecule has 2 aromatic heterocycles. The number of aliphatic hydroxyl groups is 1. The number of alkyl carbamates (subject to hydrolysis) is 1. The first-order valence-corrected chi connectivity index (χ1v) is 18.8. The van der Waals surface area contributed by atoms with Crippen molar-refractivity contribution in [3.8, 4) is 33.6 Å². The molecule has 5 N–H and O–H groups in total. The van der Waals surface area contributed by atoms with E-state index in [0.29, 0.717) is 36.7 Å². The van der Waals surface area contributed by atoms with Crippen LogP contribution >= 0.6 is 0 Å². The number of methoxy groups -OCH3 is 1. The largest absolute Gasteiger partial charge is 0.465 e. The van der Waals surface area contributed by atoms with Gasteiger partial charge in [-0.2, -0.15) is 0 Å². The second-order valence-corrected chi connectivity index (χ2v) is 16.1. The molecular weight excluding hydrogens is 699 g/mol. The van der Waals surface area contributed by atoms with E-state index in [0.717, 1.165) is 45.1 Å². The number of carbonyl (C=O) groups is 3. The zero-order valence-corrected chi connectivity index (χ0v) is 32.1. The molecule has 2 saturated heterocycles. The monoisotopic (exact) mass is 747 g/mol. The number of imidazole rings is 2. The number of fused-ring (bicyclic) bond motifs is 1. The number of H-pyrrole nitrogens is 2. The fraction of sp³-hybridized carbons (Fsp3) is 0.405. The van der Waals surface area contributed by atoms with E-state index in [1.165, 1.54) is 7.11 Å². The Morgan fingerprint density at radius 3 is 2.29 bits per heavy atom. The number of β-amino-alcohol motifs (C(OH)–C–C–N with tert-alkyl or cyclic N) is 1. The number of nitrogens with zero attached hydrogens (tertiary/aromatic N) is 4. The van der Waals surface area contributed by atoms with Crippen LogP contribution in [0, 0.1) is 11.3 Å². The van der Waals surface area contributed by atoms with Crippen molar-refractivity contribution in [2.24, 2.45) is 11.3 Å². The van der Waals surface area contributed by atoms with E-state index in [4.69, 9.17) is 14.7 Å². The third-order valence-electron chi connectivity index (χ3n) is 11.4. The van der Waals surface area contributed by atoms with Gasteiger partial charge in [-0.05, 0) is 58.2 Å². The lowest BCUT2D eigenvalue weighted by Gasteiger charge is -2.45. The molecule has 0 radical (unpaired) electrons. The average Bonchev–Trinajstić information content (AvgIpc) is 3.99. The Kier molecular flexibility index (Phi) is 9.93. The van der Waals surface area contributed by atoms with Gasteiger partial charge in [0.1, 0.15) is 23.2 Å². The molecule has 5 aromatic rings. The minimum absolute atomic E-state index is 0.142. The summed E-state index contributed by atoms with van der Waals surface area (Å²) in [7, 11) is 1.25. The fourth-order valence-electron chi connectivity index (χ4n) is 8.41.